The van der Waals surface area contributed by atoms with Gasteiger partial charge >= 0.3 is 0 Å². The summed E-state index contributed by atoms with van der Waals surface area (Å²) in [6.07, 6.45) is 7.32. The molecule has 1 heterocycles. The second-order valence-corrected chi connectivity index (χ2v) is 6.10. The minimum absolute atomic E-state index is 0.209. The van der Waals surface area contributed by atoms with E-state index in [4.69, 9.17) is 11.6 Å². The van der Waals surface area contributed by atoms with Crippen molar-refractivity contribution in [3.8, 4) is 0 Å². The largest absolute Gasteiger partial charge is 0.324 e. The van der Waals surface area contributed by atoms with Crippen LogP contribution in [0.2, 0.25) is 0 Å². The van der Waals surface area contributed by atoms with Gasteiger partial charge in [0.2, 0.25) is 0 Å². The van der Waals surface area contributed by atoms with Gasteiger partial charge in [-0.3, -0.25) is 0 Å². The van der Waals surface area contributed by atoms with Crippen LogP contribution in [0, 0.1) is 17.6 Å². The van der Waals surface area contributed by atoms with Crippen molar-refractivity contribution < 1.29 is 8.78 Å². The SMILES string of the molecule is Fc1ccc2nc(CCl)n(CCC3CCCCC3)c2c1F. The molecule has 1 aromatic heterocycles. The van der Waals surface area contributed by atoms with E-state index in [0.717, 1.165) is 12.5 Å². The minimum Gasteiger partial charge on any atom is -0.324 e. The van der Waals surface area contributed by atoms with Gasteiger partial charge in [-0.2, -0.15) is 0 Å². The number of nitrogens with zero attached hydrogens (tertiary/aromatic N) is 2. The molecule has 2 aromatic rings. The van der Waals surface area contributed by atoms with E-state index in [1.807, 2.05) is 0 Å². The zero-order valence-corrected chi connectivity index (χ0v) is 12.7. The lowest BCUT2D eigenvalue weighted by Gasteiger charge is -2.22. The molecule has 1 fully saturated rings. The summed E-state index contributed by atoms with van der Waals surface area (Å²) in [5, 5.41) is 0. The van der Waals surface area contributed by atoms with Crippen molar-refractivity contribution in [2.75, 3.05) is 0 Å². The molecule has 0 spiro atoms. The van der Waals surface area contributed by atoms with Crippen molar-refractivity contribution in [1.29, 1.82) is 0 Å². The lowest BCUT2D eigenvalue weighted by atomic mass is 9.87. The number of fused-ring (bicyclic) bond motifs is 1. The van der Waals surface area contributed by atoms with E-state index in [0.29, 0.717) is 23.8 Å². The van der Waals surface area contributed by atoms with E-state index in [-0.39, 0.29) is 11.4 Å². The number of alkyl halides is 1. The first-order valence-corrected chi connectivity index (χ1v) is 8.13. The zero-order valence-electron chi connectivity index (χ0n) is 11.9. The molecule has 0 N–H and O–H groups in total. The van der Waals surface area contributed by atoms with E-state index in [1.54, 1.807) is 4.57 Å². The lowest BCUT2D eigenvalue weighted by Crippen LogP contribution is -2.12. The van der Waals surface area contributed by atoms with Gasteiger partial charge in [-0.05, 0) is 24.5 Å². The molecule has 1 aromatic carbocycles. The lowest BCUT2D eigenvalue weighted by molar-refractivity contribution is 0.324. The predicted molar refractivity (Wildman–Crippen MR) is 80.4 cm³/mol. The van der Waals surface area contributed by atoms with Gasteiger partial charge in [0.1, 0.15) is 11.3 Å². The first-order chi connectivity index (χ1) is 10.2. The number of hydrogen-bond acceptors (Lipinski definition) is 1. The Morgan fingerprint density at radius 3 is 2.67 bits per heavy atom. The summed E-state index contributed by atoms with van der Waals surface area (Å²) in [4.78, 5) is 4.32. The Morgan fingerprint density at radius 2 is 1.95 bits per heavy atom. The molecule has 0 saturated heterocycles. The third kappa shape index (κ3) is 2.91. The van der Waals surface area contributed by atoms with Crippen LogP contribution in [0.3, 0.4) is 0 Å². The maximum absolute atomic E-state index is 14.1. The van der Waals surface area contributed by atoms with E-state index < -0.39 is 11.6 Å². The fraction of sp³-hybridized carbons (Fsp3) is 0.562. The number of imidazole rings is 1. The highest BCUT2D eigenvalue weighted by Gasteiger charge is 2.19. The number of aryl methyl sites for hydroxylation is 1. The Hall–Kier alpha value is -1.16. The minimum atomic E-state index is -0.831. The standard InChI is InChI=1S/C16H19ClF2N2/c17-10-14-20-13-7-6-12(18)15(19)16(13)21(14)9-8-11-4-2-1-3-5-11/h6-7,11H,1-5,8-10H2. The molecule has 0 atom stereocenters. The average molecular weight is 313 g/mol. The third-order valence-corrected chi connectivity index (χ3v) is 4.72. The maximum atomic E-state index is 14.1. The Kier molecular flexibility index (Phi) is 4.43. The molecule has 0 radical (unpaired) electrons. The topological polar surface area (TPSA) is 17.8 Å². The summed E-state index contributed by atoms with van der Waals surface area (Å²) in [6, 6.07) is 2.63. The highest BCUT2D eigenvalue weighted by Crippen LogP contribution is 2.29. The second kappa shape index (κ2) is 6.30. The second-order valence-electron chi connectivity index (χ2n) is 5.84. The van der Waals surface area contributed by atoms with Crippen LogP contribution in [-0.4, -0.2) is 9.55 Å². The van der Waals surface area contributed by atoms with E-state index in [2.05, 4.69) is 4.98 Å². The molecule has 21 heavy (non-hydrogen) atoms. The third-order valence-electron chi connectivity index (χ3n) is 4.48. The molecular formula is C16H19ClF2N2. The van der Waals surface area contributed by atoms with Crippen molar-refractivity contribution in [3.63, 3.8) is 0 Å². The molecule has 1 aliphatic carbocycles. The Morgan fingerprint density at radius 1 is 1.19 bits per heavy atom. The molecule has 0 unspecified atom stereocenters. The van der Waals surface area contributed by atoms with Gasteiger partial charge in [-0.25, -0.2) is 13.8 Å². The fourth-order valence-electron chi connectivity index (χ4n) is 3.34. The molecule has 0 bridgehead atoms. The van der Waals surface area contributed by atoms with Crippen LogP contribution in [0.15, 0.2) is 12.1 Å². The smallest absolute Gasteiger partial charge is 0.184 e. The molecule has 0 aliphatic heterocycles. The van der Waals surface area contributed by atoms with Gasteiger partial charge in [0.25, 0.3) is 0 Å². The van der Waals surface area contributed by atoms with Gasteiger partial charge in [0.05, 0.1) is 11.4 Å². The average Bonchev–Trinajstić information content (AvgIpc) is 2.88. The molecular weight excluding hydrogens is 294 g/mol. The van der Waals surface area contributed by atoms with Gasteiger partial charge in [-0.15, -0.1) is 11.6 Å². The molecule has 114 valence electrons. The van der Waals surface area contributed by atoms with Crippen LogP contribution in [0.4, 0.5) is 8.78 Å². The maximum Gasteiger partial charge on any atom is 0.184 e. The van der Waals surface area contributed by atoms with Crippen LogP contribution in [0.5, 0.6) is 0 Å². The van der Waals surface area contributed by atoms with Crippen molar-refractivity contribution in [1.82, 2.24) is 9.55 Å². The monoisotopic (exact) mass is 312 g/mol. The number of rotatable bonds is 4. The van der Waals surface area contributed by atoms with Gasteiger partial charge < -0.3 is 4.57 Å². The number of halogens is 3. The van der Waals surface area contributed by atoms with Crippen LogP contribution in [0.25, 0.3) is 11.0 Å². The highest BCUT2D eigenvalue weighted by atomic mass is 35.5. The fourth-order valence-corrected chi connectivity index (χ4v) is 3.54. The first kappa shape index (κ1) is 14.8. The summed E-state index contributed by atoms with van der Waals surface area (Å²) >= 11 is 5.92. The molecule has 5 heteroatoms. The van der Waals surface area contributed by atoms with Gasteiger partial charge in [0.15, 0.2) is 11.6 Å². The van der Waals surface area contributed by atoms with E-state index >= 15 is 0 Å². The number of hydrogen-bond donors (Lipinski definition) is 0. The van der Waals surface area contributed by atoms with Crippen LogP contribution >= 0.6 is 11.6 Å². The summed E-state index contributed by atoms with van der Waals surface area (Å²) < 4.78 is 29.3. The van der Waals surface area contributed by atoms with E-state index in [1.165, 1.54) is 38.2 Å². The summed E-state index contributed by atoms with van der Waals surface area (Å²) in [5.74, 6) is -0.147. The summed E-state index contributed by atoms with van der Waals surface area (Å²) in [7, 11) is 0. The van der Waals surface area contributed by atoms with Crippen LogP contribution in [0.1, 0.15) is 44.3 Å². The summed E-state index contributed by atoms with van der Waals surface area (Å²) in [5.41, 5.74) is 0.731. The van der Waals surface area contributed by atoms with Crippen molar-refractivity contribution in [3.05, 3.63) is 29.6 Å². The molecule has 1 saturated carbocycles. The highest BCUT2D eigenvalue weighted by molar-refractivity contribution is 6.16. The van der Waals surface area contributed by atoms with Crippen molar-refractivity contribution in [2.45, 2.75) is 50.9 Å². The number of benzene rings is 1. The quantitative estimate of drug-likeness (QED) is 0.724. The number of aromatic nitrogens is 2. The Balaban J connectivity index is 1.90. The zero-order chi connectivity index (χ0) is 14.8. The first-order valence-electron chi connectivity index (χ1n) is 7.59. The summed E-state index contributed by atoms with van der Waals surface area (Å²) in [6.45, 7) is 0.656. The van der Waals surface area contributed by atoms with Crippen molar-refractivity contribution >= 4 is 22.6 Å². The van der Waals surface area contributed by atoms with E-state index in [9.17, 15) is 8.78 Å². The van der Waals surface area contributed by atoms with Crippen LogP contribution in [-0.2, 0) is 12.4 Å². The normalized spacial score (nSPS) is 16.7. The van der Waals surface area contributed by atoms with Gasteiger partial charge in [-0.1, -0.05) is 32.1 Å². The molecule has 3 rings (SSSR count). The molecule has 1 aliphatic rings. The Bertz CT molecular complexity index is 633. The van der Waals surface area contributed by atoms with Gasteiger partial charge in [0, 0.05) is 6.54 Å². The van der Waals surface area contributed by atoms with Crippen molar-refractivity contribution in [2.24, 2.45) is 5.92 Å². The Labute approximate surface area is 128 Å². The molecule has 2 nitrogen and oxygen atoms in total. The van der Waals surface area contributed by atoms with Crippen LogP contribution < -0.4 is 0 Å². The molecule has 0 amide bonds. The predicted octanol–water partition coefficient (Wildman–Crippen LogP) is 5.02.